The van der Waals surface area contributed by atoms with Crippen molar-refractivity contribution in [2.75, 3.05) is 29.1 Å². The highest BCUT2D eigenvalue weighted by molar-refractivity contribution is 7.95. The number of rotatable bonds is 6. The molecule has 0 aliphatic carbocycles. The van der Waals surface area contributed by atoms with Crippen molar-refractivity contribution in [3.8, 4) is 11.8 Å². The highest BCUT2D eigenvalue weighted by Crippen LogP contribution is 2.11. The smallest absolute Gasteiger partial charge is 0.233 e. The van der Waals surface area contributed by atoms with Gasteiger partial charge in [0.1, 0.15) is 9.84 Å². The molecule has 0 amide bonds. The van der Waals surface area contributed by atoms with Crippen molar-refractivity contribution in [3.05, 3.63) is 29.8 Å². The molecule has 0 aliphatic rings. The van der Waals surface area contributed by atoms with Gasteiger partial charge in [0.25, 0.3) is 0 Å². The highest BCUT2D eigenvalue weighted by atomic mass is 32.2. The van der Waals surface area contributed by atoms with Crippen LogP contribution in [-0.4, -0.2) is 46.3 Å². The first kappa shape index (κ1) is 17.5. The van der Waals surface area contributed by atoms with E-state index in [4.69, 9.17) is 5.11 Å². The number of hydrogen-bond donors (Lipinski definition) is 2. The quantitative estimate of drug-likeness (QED) is 0.726. The topological polar surface area (TPSA) is 101 Å². The minimum Gasteiger partial charge on any atom is -0.395 e. The summed E-state index contributed by atoms with van der Waals surface area (Å²) < 4.78 is 47.7. The van der Waals surface area contributed by atoms with Crippen LogP contribution in [-0.2, 0) is 19.9 Å². The Morgan fingerprint density at radius 2 is 1.71 bits per heavy atom. The third kappa shape index (κ3) is 7.70. The number of nitrogens with one attached hydrogen (secondary N) is 1. The summed E-state index contributed by atoms with van der Waals surface area (Å²) >= 11 is 0. The zero-order valence-electron chi connectivity index (χ0n) is 11.5. The summed E-state index contributed by atoms with van der Waals surface area (Å²) in [6.07, 6.45) is 1.36. The number of hydrogen-bond acceptors (Lipinski definition) is 5. The Labute approximate surface area is 125 Å². The number of sulfone groups is 1. The molecule has 0 saturated carbocycles. The summed E-state index contributed by atoms with van der Waals surface area (Å²) in [5.74, 6) is 4.66. The summed E-state index contributed by atoms with van der Waals surface area (Å²) in [4.78, 5) is 0. The van der Waals surface area contributed by atoms with Crippen LogP contribution in [0.15, 0.2) is 24.3 Å². The van der Waals surface area contributed by atoms with Gasteiger partial charge in [-0.15, -0.1) is 0 Å². The average molecular weight is 331 g/mol. The molecule has 8 heteroatoms. The second-order valence-electron chi connectivity index (χ2n) is 4.40. The summed E-state index contributed by atoms with van der Waals surface area (Å²) in [5.41, 5.74) is 1.04. The zero-order valence-corrected chi connectivity index (χ0v) is 13.2. The molecule has 21 heavy (non-hydrogen) atoms. The number of benzene rings is 1. The number of aliphatic hydroxyl groups is 1. The molecule has 0 fully saturated rings. The molecule has 1 aromatic carbocycles. The Kier molecular flexibility index (Phi) is 6.20. The van der Waals surface area contributed by atoms with E-state index in [1.165, 1.54) is 0 Å². The lowest BCUT2D eigenvalue weighted by Crippen LogP contribution is -2.22. The van der Waals surface area contributed by atoms with Gasteiger partial charge < -0.3 is 5.11 Å². The van der Waals surface area contributed by atoms with Crippen LogP contribution in [0.1, 0.15) is 12.0 Å². The minimum absolute atomic E-state index is 0.00871. The van der Waals surface area contributed by atoms with Gasteiger partial charge in [0, 0.05) is 23.9 Å². The Morgan fingerprint density at radius 3 is 2.24 bits per heavy atom. The molecule has 0 bridgehead atoms. The number of anilines is 1. The molecule has 116 valence electrons. The van der Waals surface area contributed by atoms with Gasteiger partial charge in [-0.25, -0.2) is 16.8 Å². The molecular formula is C13H17NO5S2. The van der Waals surface area contributed by atoms with E-state index in [0.29, 0.717) is 17.7 Å². The van der Waals surface area contributed by atoms with Crippen LogP contribution >= 0.6 is 0 Å². The fourth-order valence-electron chi connectivity index (χ4n) is 1.33. The van der Waals surface area contributed by atoms with Crippen molar-refractivity contribution < 1.29 is 21.9 Å². The molecule has 2 N–H and O–H groups in total. The Hall–Kier alpha value is -1.56. The normalized spacial score (nSPS) is 11.5. The first-order valence-corrected chi connectivity index (χ1v) is 9.81. The van der Waals surface area contributed by atoms with Crippen LogP contribution in [0, 0.1) is 11.8 Å². The maximum atomic E-state index is 11.7. The van der Waals surface area contributed by atoms with E-state index in [1.54, 1.807) is 24.3 Å². The standard InChI is InChI=1S/C13H17NO5S2/c1-20(16,17)10-11-21(18,19)14-13-7-5-12(6-8-13)4-2-3-9-15/h5-8,14-15H,3,9-11H2,1H3. The third-order valence-electron chi connectivity index (χ3n) is 2.35. The van der Waals surface area contributed by atoms with Crippen LogP contribution in [0.5, 0.6) is 0 Å². The molecule has 0 atom stereocenters. The van der Waals surface area contributed by atoms with Crippen LogP contribution in [0.3, 0.4) is 0 Å². The van der Waals surface area contributed by atoms with Gasteiger partial charge in [0.05, 0.1) is 18.1 Å². The fraction of sp³-hybridized carbons (Fsp3) is 0.385. The summed E-state index contributed by atoms with van der Waals surface area (Å²) in [6, 6.07) is 6.36. The van der Waals surface area contributed by atoms with E-state index >= 15 is 0 Å². The van der Waals surface area contributed by atoms with E-state index in [2.05, 4.69) is 16.6 Å². The van der Waals surface area contributed by atoms with E-state index in [0.717, 1.165) is 6.26 Å². The monoisotopic (exact) mass is 331 g/mol. The molecule has 0 heterocycles. The van der Waals surface area contributed by atoms with Crippen LogP contribution < -0.4 is 4.72 Å². The van der Waals surface area contributed by atoms with Crippen molar-refractivity contribution >= 4 is 25.5 Å². The molecule has 1 rings (SSSR count). The predicted molar refractivity (Wildman–Crippen MR) is 82.1 cm³/mol. The molecule has 6 nitrogen and oxygen atoms in total. The second kappa shape index (κ2) is 7.45. The van der Waals surface area contributed by atoms with Crippen LogP contribution in [0.2, 0.25) is 0 Å². The molecule has 0 saturated heterocycles. The lowest BCUT2D eigenvalue weighted by atomic mass is 10.2. The van der Waals surface area contributed by atoms with Gasteiger partial charge >= 0.3 is 0 Å². The summed E-state index contributed by atoms with van der Waals surface area (Å²) in [7, 11) is -7.03. The minimum atomic E-state index is -3.70. The lowest BCUT2D eigenvalue weighted by Gasteiger charge is -2.07. The Morgan fingerprint density at radius 1 is 1.10 bits per heavy atom. The van der Waals surface area contributed by atoms with E-state index in [-0.39, 0.29) is 6.61 Å². The summed E-state index contributed by atoms with van der Waals surface area (Å²) in [5, 5.41) is 8.60. The molecule has 1 aromatic rings. The average Bonchev–Trinajstić information content (AvgIpc) is 2.38. The van der Waals surface area contributed by atoms with Gasteiger partial charge in [0.15, 0.2) is 0 Å². The van der Waals surface area contributed by atoms with Gasteiger partial charge in [-0.05, 0) is 24.3 Å². The first-order valence-electron chi connectivity index (χ1n) is 6.10. The first-order chi connectivity index (χ1) is 9.72. The predicted octanol–water partition coefficient (Wildman–Crippen LogP) is 0.207. The van der Waals surface area contributed by atoms with Crippen molar-refractivity contribution in [2.45, 2.75) is 6.42 Å². The maximum absolute atomic E-state index is 11.7. The van der Waals surface area contributed by atoms with Gasteiger partial charge in [-0.1, -0.05) is 11.8 Å². The van der Waals surface area contributed by atoms with Crippen molar-refractivity contribution in [3.63, 3.8) is 0 Å². The number of sulfonamides is 1. The van der Waals surface area contributed by atoms with Gasteiger partial charge in [0.2, 0.25) is 10.0 Å². The molecule has 0 aliphatic heterocycles. The van der Waals surface area contributed by atoms with E-state index < -0.39 is 31.4 Å². The van der Waals surface area contributed by atoms with Crippen LogP contribution in [0.25, 0.3) is 0 Å². The van der Waals surface area contributed by atoms with Crippen molar-refractivity contribution in [1.29, 1.82) is 0 Å². The largest absolute Gasteiger partial charge is 0.395 e. The Bertz CT molecular complexity index is 725. The molecular weight excluding hydrogens is 314 g/mol. The summed E-state index contributed by atoms with van der Waals surface area (Å²) in [6.45, 7) is -0.00871. The number of aliphatic hydroxyl groups excluding tert-OH is 1. The van der Waals surface area contributed by atoms with Gasteiger partial charge in [-0.3, -0.25) is 4.72 Å². The molecule has 0 spiro atoms. The Balaban J connectivity index is 2.69. The lowest BCUT2D eigenvalue weighted by molar-refractivity contribution is 0.305. The third-order valence-corrected chi connectivity index (χ3v) is 4.84. The van der Waals surface area contributed by atoms with Crippen LogP contribution in [0.4, 0.5) is 5.69 Å². The van der Waals surface area contributed by atoms with E-state index in [1.807, 2.05) is 0 Å². The van der Waals surface area contributed by atoms with E-state index in [9.17, 15) is 16.8 Å². The van der Waals surface area contributed by atoms with Crippen molar-refractivity contribution in [1.82, 2.24) is 0 Å². The second-order valence-corrected chi connectivity index (χ2v) is 8.51. The van der Waals surface area contributed by atoms with Gasteiger partial charge in [-0.2, -0.15) is 0 Å². The fourth-order valence-corrected chi connectivity index (χ4v) is 4.02. The maximum Gasteiger partial charge on any atom is 0.233 e. The molecule has 0 unspecified atom stereocenters. The zero-order chi connectivity index (χ0) is 15.9. The highest BCUT2D eigenvalue weighted by Gasteiger charge is 2.14. The van der Waals surface area contributed by atoms with Crippen molar-refractivity contribution in [2.24, 2.45) is 0 Å². The SMILES string of the molecule is CS(=O)(=O)CCS(=O)(=O)Nc1ccc(C#CCCO)cc1. The molecule has 0 radical (unpaired) electrons. The molecule has 0 aromatic heterocycles.